The summed E-state index contributed by atoms with van der Waals surface area (Å²) in [6.45, 7) is 3.83. The van der Waals surface area contributed by atoms with Crippen LogP contribution in [0, 0.1) is 0 Å². The molecule has 1 unspecified atom stereocenters. The van der Waals surface area contributed by atoms with Crippen LogP contribution in [0.2, 0.25) is 0 Å². The van der Waals surface area contributed by atoms with Gasteiger partial charge in [-0.05, 0) is 24.8 Å². The summed E-state index contributed by atoms with van der Waals surface area (Å²) in [6, 6.07) is 2.84. The molecule has 1 aromatic heterocycles. The third kappa shape index (κ3) is 5.52. The van der Waals surface area contributed by atoms with Gasteiger partial charge < -0.3 is 5.11 Å². The Kier molecular flexibility index (Phi) is 6.31. The number of carbonyl (C=O) groups is 1. The van der Waals surface area contributed by atoms with Crippen molar-refractivity contribution in [2.75, 3.05) is 11.5 Å². The van der Waals surface area contributed by atoms with Crippen LogP contribution in [0.4, 0.5) is 0 Å². The molecule has 0 amide bonds. The molecule has 108 valence electrons. The van der Waals surface area contributed by atoms with Crippen LogP contribution in [0.5, 0.6) is 0 Å². The van der Waals surface area contributed by atoms with Crippen LogP contribution in [0.25, 0.3) is 0 Å². The van der Waals surface area contributed by atoms with E-state index >= 15 is 0 Å². The largest absolute Gasteiger partial charge is 0.481 e. The molecule has 19 heavy (non-hydrogen) atoms. The van der Waals surface area contributed by atoms with Gasteiger partial charge >= 0.3 is 5.97 Å². The molecular weight excluding hydrogens is 306 g/mol. The fourth-order valence-electron chi connectivity index (χ4n) is 1.40. The molecule has 0 aromatic carbocycles. The van der Waals surface area contributed by atoms with Gasteiger partial charge in [-0.25, -0.2) is 13.1 Å². The molecule has 0 aliphatic carbocycles. The Morgan fingerprint density at radius 3 is 2.79 bits per heavy atom. The minimum Gasteiger partial charge on any atom is -0.481 e. The molecule has 1 atom stereocenters. The summed E-state index contributed by atoms with van der Waals surface area (Å²) in [5.41, 5.74) is 0. The highest BCUT2D eigenvalue weighted by molar-refractivity contribution is 7.99. The molecule has 1 heterocycles. The SMILES string of the molecule is CCSCC(C)NS(=O)(=O)c1ccc(CC(=O)O)s1. The van der Waals surface area contributed by atoms with E-state index in [9.17, 15) is 13.2 Å². The minimum atomic E-state index is -3.54. The maximum Gasteiger partial charge on any atom is 0.308 e. The Bertz CT molecular complexity index is 524. The predicted molar refractivity (Wildman–Crippen MR) is 78.4 cm³/mol. The lowest BCUT2D eigenvalue weighted by Gasteiger charge is -2.12. The number of carboxylic acids is 1. The van der Waals surface area contributed by atoms with Crippen molar-refractivity contribution in [3.8, 4) is 0 Å². The first-order valence-electron chi connectivity index (χ1n) is 5.75. The van der Waals surface area contributed by atoms with Crippen molar-refractivity contribution in [1.82, 2.24) is 4.72 Å². The maximum absolute atomic E-state index is 12.0. The number of rotatable bonds is 8. The fraction of sp³-hybridized carbons (Fsp3) is 0.545. The molecular formula is C11H17NO4S3. The van der Waals surface area contributed by atoms with E-state index in [4.69, 9.17) is 5.11 Å². The number of thiophene rings is 1. The van der Waals surface area contributed by atoms with E-state index in [1.54, 1.807) is 17.8 Å². The van der Waals surface area contributed by atoms with Crippen molar-refractivity contribution >= 4 is 39.1 Å². The number of hydrogen-bond acceptors (Lipinski definition) is 5. The van der Waals surface area contributed by atoms with Gasteiger partial charge in [0.05, 0.1) is 6.42 Å². The average Bonchev–Trinajstić information content (AvgIpc) is 2.74. The highest BCUT2D eigenvalue weighted by Gasteiger charge is 2.19. The minimum absolute atomic E-state index is 0.151. The van der Waals surface area contributed by atoms with Gasteiger partial charge in [-0.1, -0.05) is 6.92 Å². The predicted octanol–water partition coefficient (Wildman–Crippen LogP) is 1.80. The van der Waals surface area contributed by atoms with Crippen LogP contribution in [0.1, 0.15) is 18.7 Å². The van der Waals surface area contributed by atoms with Crippen LogP contribution < -0.4 is 4.72 Å². The number of nitrogens with one attached hydrogen (secondary N) is 1. The second-order valence-electron chi connectivity index (χ2n) is 3.97. The van der Waals surface area contributed by atoms with Crippen molar-refractivity contribution in [3.05, 3.63) is 17.0 Å². The molecule has 0 bridgehead atoms. The van der Waals surface area contributed by atoms with Gasteiger partial charge in [-0.2, -0.15) is 11.8 Å². The normalized spacial score (nSPS) is 13.4. The van der Waals surface area contributed by atoms with Crippen molar-refractivity contribution in [2.24, 2.45) is 0 Å². The Balaban J connectivity index is 2.71. The molecule has 1 aromatic rings. The first kappa shape index (κ1) is 16.5. The van der Waals surface area contributed by atoms with E-state index in [0.717, 1.165) is 17.1 Å². The summed E-state index contributed by atoms with van der Waals surface area (Å²) in [4.78, 5) is 11.1. The molecule has 0 fully saturated rings. The van der Waals surface area contributed by atoms with E-state index < -0.39 is 16.0 Å². The van der Waals surface area contributed by atoms with Gasteiger partial charge in [0, 0.05) is 16.7 Å². The third-order valence-electron chi connectivity index (χ3n) is 2.16. The summed E-state index contributed by atoms with van der Waals surface area (Å²) in [7, 11) is -3.54. The molecule has 1 rings (SSSR count). The maximum atomic E-state index is 12.0. The van der Waals surface area contributed by atoms with E-state index in [1.165, 1.54) is 6.07 Å². The molecule has 0 radical (unpaired) electrons. The zero-order valence-corrected chi connectivity index (χ0v) is 13.2. The molecule has 5 nitrogen and oxygen atoms in total. The molecule has 2 N–H and O–H groups in total. The quantitative estimate of drug-likeness (QED) is 0.762. The van der Waals surface area contributed by atoms with Gasteiger partial charge in [0.1, 0.15) is 4.21 Å². The lowest BCUT2D eigenvalue weighted by Crippen LogP contribution is -2.33. The smallest absolute Gasteiger partial charge is 0.308 e. The van der Waals surface area contributed by atoms with Crippen molar-refractivity contribution in [1.29, 1.82) is 0 Å². The second-order valence-corrected chi connectivity index (χ2v) is 8.40. The van der Waals surface area contributed by atoms with Crippen LogP contribution in [0.3, 0.4) is 0 Å². The Morgan fingerprint density at radius 2 is 2.21 bits per heavy atom. The zero-order chi connectivity index (χ0) is 14.5. The van der Waals surface area contributed by atoms with Gasteiger partial charge in [-0.15, -0.1) is 11.3 Å². The molecule has 8 heteroatoms. The number of aliphatic carboxylic acids is 1. The van der Waals surface area contributed by atoms with Gasteiger partial charge in [-0.3, -0.25) is 4.79 Å². The topological polar surface area (TPSA) is 83.5 Å². The fourth-order valence-corrected chi connectivity index (χ4v) is 4.78. The average molecular weight is 323 g/mol. The molecule has 0 spiro atoms. The van der Waals surface area contributed by atoms with Crippen LogP contribution >= 0.6 is 23.1 Å². The zero-order valence-electron chi connectivity index (χ0n) is 10.8. The summed E-state index contributed by atoms with van der Waals surface area (Å²) in [5, 5.41) is 8.66. The first-order valence-corrected chi connectivity index (χ1v) is 9.21. The van der Waals surface area contributed by atoms with Crippen LogP contribution in [-0.2, 0) is 21.2 Å². The number of hydrogen-bond donors (Lipinski definition) is 2. The van der Waals surface area contributed by atoms with Gasteiger partial charge in [0.2, 0.25) is 10.0 Å². The second kappa shape index (κ2) is 7.28. The Hall–Kier alpha value is -0.570. The monoisotopic (exact) mass is 323 g/mol. The third-order valence-corrected chi connectivity index (χ3v) is 6.47. The molecule has 0 aliphatic heterocycles. The van der Waals surface area contributed by atoms with E-state index in [0.29, 0.717) is 10.6 Å². The van der Waals surface area contributed by atoms with Gasteiger partial charge in [0.15, 0.2) is 0 Å². The van der Waals surface area contributed by atoms with Crippen molar-refractivity contribution in [3.63, 3.8) is 0 Å². The standard InChI is InChI=1S/C11H17NO4S3/c1-3-17-7-8(2)12-19(15,16)11-5-4-9(18-11)6-10(13)14/h4-5,8,12H,3,6-7H2,1-2H3,(H,13,14). The lowest BCUT2D eigenvalue weighted by atomic mass is 10.3. The van der Waals surface area contributed by atoms with Crippen LogP contribution in [-0.4, -0.2) is 37.0 Å². The first-order chi connectivity index (χ1) is 8.85. The Labute approximate surface area is 121 Å². The number of thioether (sulfide) groups is 1. The van der Waals surface area contributed by atoms with Crippen molar-refractivity contribution < 1.29 is 18.3 Å². The lowest BCUT2D eigenvalue weighted by molar-refractivity contribution is -0.136. The molecule has 0 saturated carbocycles. The van der Waals surface area contributed by atoms with E-state index in [2.05, 4.69) is 4.72 Å². The highest BCUT2D eigenvalue weighted by atomic mass is 32.2. The van der Waals surface area contributed by atoms with Crippen LogP contribution in [0.15, 0.2) is 16.3 Å². The van der Waals surface area contributed by atoms with Gasteiger partial charge in [0.25, 0.3) is 0 Å². The van der Waals surface area contributed by atoms with E-state index in [-0.39, 0.29) is 16.7 Å². The number of carboxylic acid groups (broad SMARTS) is 1. The summed E-state index contributed by atoms with van der Waals surface area (Å²) < 4.78 is 26.8. The Morgan fingerprint density at radius 1 is 1.53 bits per heavy atom. The number of sulfonamides is 1. The van der Waals surface area contributed by atoms with Crippen molar-refractivity contribution in [2.45, 2.75) is 30.5 Å². The molecule has 0 saturated heterocycles. The van der Waals surface area contributed by atoms with E-state index in [1.807, 2.05) is 13.8 Å². The molecule has 0 aliphatic rings. The highest BCUT2D eigenvalue weighted by Crippen LogP contribution is 2.22. The summed E-state index contributed by atoms with van der Waals surface area (Å²) in [5.74, 6) is 0.683. The summed E-state index contributed by atoms with van der Waals surface area (Å²) in [6.07, 6.45) is -0.151. The summed E-state index contributed by atoms with van der Waals surface area (Å²) >= 11 is 2.66.